The number of para-hydroxylation sites is 1. The first kappa shape index (κ1) is 58.5. The van der Waals surface area contributed by atoms with Gasteiger partial charge in [-0.3, -0.25) is 43.7 Å². The van der Waals surface area contributed by atoms with Crippen molar-refractivity contribution < 1.29 is 43.6 Å². The highest BCUT2D eigenvalue weighted by Crippen LogP contribution is 2.31. The number of nitro groups is 1. The predicted octanol–water partition coefficient (Wildman–Crippen LogP) is 5.18. The summed E-state index contributed by atoms with van der Waals surface area (Å²) in [5.74, 6) is -6.08. The molecule has 1 fully saturated rings. The van der Waals surface area contributed by atoms with Crippen LogP contribution in [-0.4, -0.2) is 122 Å². The number of nitro benzene ring substituents is 1. The van der Waals surface area contributed by atoms with E-state index in [2.05, 4.69) is 33.2 Å². The van der Waals surface area contributed by atoms with Gasteiger partial charge in [0.15, 0.2) is 5.75 Å². The molecule has 0 aliphatic carbocycles. The molecule has 1 aliphatic heterocycles. The van der Waals surface area contributed by atoms with E-state index in [-0.39, 0.29) is 61.8 Å². The summed E-state index contributed by atoms with van der Waals surface area (Å²) in [7, 11) is 2.84. The second-order valence-electron chi connectivity index (χ2n) is 21.0. The van der Waals surface area contributed by atoms with E-state index in [4.69, 9.17) is 0 Å². The zero-order valence-corrected chi connectivity index (χ0v) is 44.5. The molecule has 2 aromatic carbocycles. The van der Waals surface area contributed by atoms with Crippen LogP contribution >= 0.6 is 0 Å². The number of hydrogen-bond acceptors (Lipinski definition) is 10. The minimum Gasteiger partial charge on any atom is -0.502 e. The fourth-order valence-corrected chi connectivity index (χ4v) is 8.99. The number of hydrogen-bond donors (Lipinski definition) is 6. The maximum Gasteiger partial charge on any atom is 0.310 e. The lowest BCUT2D eigenvalue weighted by atomic mass is 9.98. The molecule has 2 heterocycles. The van der Waals surface area contributed by atoms with Crippen molar-refractivity contribution >= 4 is 57.9 Å². The third-order valence-corrected chi connectivity index (χ3v) is 13.2. The van der Waals surface area contributed by atoms with E-state index in [0.29, 0.717) is 5.56 Å². The van der Waals surface area contributed by atoms with Crippen molar-refractivity contribution in [3.8, 4) is 5.75 Å². The smallest absolute Gasteiger partial charge is 0.310 e. The van der Waals surface area contributed by atoms with Crippen LogP contribution in [0, 0.1) is 27.9 Å². The number of phenolic OH excluding ortho intramolecular Hbond substituents is 1. The number of nitrogens with zero attached hydrogens (tertiary/aromatic N) is 4. The summed E-state index contributed by atoms with van der Waals surface area (Å²) in [6, 6.07) is 2.19. The van der Waals surface area contributed by atoms with Gasteiger partial charge in [-0.25, -0.2) is 0 Å². The number of carbonyl (C=O) groups excluding carboxylic acids is 7. The van der Waals surface area contributed by atoms with Gasteiger partial charge < -0.3 is 46.1 Å². The zero-order valence-electron chi connectivity index (χ0n) is 44.5. The number of aromatic hydroxyl groups is 1. The number of benzene rings is 2. The largest absolute Gasteiger partial charge is 0.502 e. The first-order valence-corrected chi connectivity index (χ1v) is 25.1. The molecule has 0 radical (unpaired) electrons. The van der Waals surface area contributed by atoms with Crippen molar-refractivity contribution in [2.75, 3.05) is 14.1 Å². The van der Waals surface area contributed by atoms with Gasteiger partial charge in [-0.05, 0) is 94.4 Å². The molecule has 0 saturated carbocycles. The number of likely N-dealkylation sites (N-methyl/N-ethyl adjacent to an activating group) is 2. The molecule has 398 valence electrons. The highest BCUT2D eigenvalue weighted by molar-refractivity contribution is 5.99. The molecule has 19 nitrogen and oxygen atoms in total. The van der Waals surface area contributed by atoms with E-state index in [1.165, 1.54) is 36.9 Å². The van der Waals surface area contributed by atoms with Crippen LogP contribution < -0.4 is 26.6 Å². The summed E-state index contributed by atoms with van der Waals surface area (Å²) >= 11 is 0. The number of phenols is 1. The molecular weight excluding hydrogens is 935 g/mol. The van der Waals surface area contributed by atoms with Crippen LogP contribution in [0.2, 0.25) is 0 Å². The standard InChI is InChI=1S/C54H77N9O10/c1-14-16-20-38-47(65)59-41(29-36-30-62(54(10,11)15-2)42-21-18-17-19-37(36)42)53(71)61(13)45(26-33(7)8)51(69)58-40(27-35-22-23-46(64)43(28-35)63(72)73)48(66)55-34(9)52(70)60(12)44(25-32(5)6)50(68)57-39(24-31(3)4)49(67)56-38/h14-19,21-23,28,30-34,38-41,44-45,64H,2,20,24-27,29H2,1,3-13H3,(H,55,66)(H,56,67)(H,57,68)(H,58,69)(H,59,65). The summed E-state index contributed by atoms with van der Waals surface area (Å²) in [4.78, 5) is 116. The van der Waals surface area contributed by atoms with Crippen LogP contribution in [0.25, 0.3) is 10.9 Å². The molecule has 7 unspecified atom stereocenters. The van der Waals surface area contributed by atoms with Crippen LogP contribution in [0.15, 0.2) is 73.5 Å². The summed E-state index contributed by atoms with van der Waals surface area (Å²) in [6.45, 7) is 22.3. The number of aromatic nitrogens is 1. The van der Waals surface area contributed by atoms with Gasteiger partial charge in [0.05, 0.1) is 10.5 Å². The van der Waals surface area contributed by atoms with Crippen molar-refractivity contribution in [3.63, 3.8) is 0 Å². The quantitative estimate of drug-likeness (QED) is 0.0661. The minimum absolute atomic E-state index is 0.0100. The van der Waals surface area contributed by atoms with Crippen molar-refractivity contribution in [1.82, 2.24) is 41.0 Å². The van der Waals surface area contributed by atoms with E-state index < -0.39 is 106 Å². The predicted molar refractivity (Wildman–Crippen MR) is 280 cm³/mol. The Kier molecular flexibility index (Phi) is 20.5. The van der Waals surface area contributed by atoms with Gasteiger partial charge in [0, 0.05) is 50.1 Å². The molecule has 1 aliphatic rings. The SMILES string of the molecule is C=CC(C)(C)n1cc(CC2NC(=O)C(CC=CC)NC(=O)C(CC(C)C)NC(=O)C(CC(C)C)N(C)C(=O)C(C)NC(=O)C(Cc3ccc(O)c([N+](=O)[O-])c3)NC(=O)C(CC(C)C)N(C)C2=O)c2ccccc21. The van der Waals surface area contributed by atoms with Crippen molar-refractivity contribution in [1.29, 1.82) is 0 Å². The van der Waals surface area contributed by atoms with Gasteiger partial charge in [0.2, 0.25) is 41.4 Å². The van der Waals surface area contributed by atoms with Crippen molar-refractivity contribution in [2.45, 2.75) is 156 Å². The Morgan fingerprint density at radius 1 is 0.712 bits per heavy atom. The normalized spacial score (nSPS) is 22.8. The van der Waals surface area contributed by atoms with E-state index in [1.54, 1.807) is 25.2 Å². The van der Waals surface area contributed by atoms with Gasteiger partial charge in [0.1, 0.15) is 42.3 Å². The first-order chi connectivity index (χ1) is 34.2. The van der Waals surface area contributed by atoms with Crippen molar-refractivity contribution in [2.24, 2.45) is 17.8 Å². The van der Waals surface area contributed by atoms with E-state index in [1.807, 2.05) is 90.4 Å². The zero-order chi connectivity index (χ0) is 54.6. The average molecular weight is 1010 g/mol. The van der Waals surface area contributed by atoms with E-state index >= 15 is 4.79 Å². The molecule has 3 aromatic rings. The number of fused-ring (bicyclic) bond motifs is 1. The lowest BCUT2D eigenvalue weighted by molar-refractivity contribution is -0.385. The molecule has 1 saturated heterocycles. The molecule has 7 amide bonds. The van der Waals surface area contributed by atoms with Gasteiger partial charge in [-0.15, -0.1) is 6.58 Å². The summed E-state index contributed by atoms with van der Waals surface area (Å²) in [5, 5.41) is 37.0. The van der Waals surface area contributed by atoms with Gasteiger partial charge >= 0.3 is 5.69 Å². The fourth-order valence-electron chi connectivity index (χ4n) is 8.99. The second-order valence-corrected chi connectivity index (χ2v) is 21.0. The molecular formula is C54H77N9O10. The summed E-state index contributed by atoms with van der Waals surface area (Å²) in [6.07, 6.45) is 7.10. The highest BCUT2D eigenvalue weighted by atomic mass is 16.6. The van der Waals surface area contributed by atoms with Gasteiger partial charge in [-0.2, -0.15) is 0 Å². The minimum atomic E-state index is -1.50. The van der Waals surface area contributed by atoms with Crippen LogP contribution in [0.1, 0.15) is 106 Å². The Morgan fingerprint density at radius 2 is 1.23 bits per heavy atom. The Balaban J connectivity index is 1.97. The molecule has 7 atom stereocenters. The topological polar surface area (TPSA) is 254 Å². The lowest BCUT2D eigenvalue weighted by Gasteiger charge is -2.33. The maximum atomic E-state index is 15.3. The molecule has 4 rings (SSSR count). The number of allylic oxidation sites excluding steroid dienone is 2. The highest BCUT2D eigenvalue weighted by Gasteiger charge is 2.39. The summed E-state index contributed by atoms with van der Waals surface area (Å²) in [5.41, 5.74) is 0.486. The summed E-state index contributed by atoms with van der Waals surface area (Å²) < 4.78 is 2.02. The van der Waals surface area contributed by atoms with Crippen LogP contribution in [0.3, 0.4) is 0 Å². The Bertz CT molecular complexity index is 2550. The third kappa shape index (κ3) is 15.2. The number of nitrogens with one attached hydrogen (secondary N) is 5. The first-order valence-electron chi connectivity index (χ1n) is 25.1. The second kappa shape index (κ2) is 25.6. The Morgan fingerprint density at radius 3 is 1.79 bits per heavy atom. The molecule has 19 heteroatoms. The number of rotatable bonds is 15. The third-order valence-electron chi connectivity index (χ3n) is 13.2. The van der Waals surface area contributed by atoms with E-state index in [9.17, 15) is 44.0 Å². The molecule has 73 heavy (non-hydrogen) atoms. The average Bonchev–Trinajstić information content (AvgIpc) is 3.70. The van der Waals surface area contributed by atoms with Crippen molar-refractivity contribution in [3.05, 3.63) is 94.7 Å². The van der Waals surface area contributed by atoms with Crippen LogP contribution in [-0.2, 0) is 51.9 Å². The van der Waals surface area contributed by atoms with Gasteiger partial charge in [0.25, 0.3) is 0 Å². The molecule has 6 N–H and O–H groups in total. The lowest BCUT2D eigenvalue weighted by Crippen LogP contribution is -2.60. The van der Waals surface area contributed by atoms with Crippen LogP contribution in [0.4, 0.5) is 5.69 Å². The number of carbonyl (C=O) groups is 7. The maximum absolute atomic E-state index is 15.3. The Labute approximate surface area is 429 Å². The van der Waals surface area contributed by atoms with E-state index in [0.717, 1.165) is 23.0 Å². The Hall–Kier alpha value is -7.05. The fraction of sp³-hybridized carbons (Fsp3) is 0.537. The molecule has 0 spiro atoms. The molecule has 1 aromatic heterocycles. The monoisotopic (exact) mass is 1010 g/mol. The molecule has 0 bridgehead atoms. The van der Waals surface area contributed by atoms with Gasteiger partial charge in [-0.1, -0.05) is 84.0 Å². The van der Waals surface area contributed by atoms with Crippen LogP contribution in [0.5, 0.6) is 5.75 Å². The number of amides is 7.